The Balaban J connectivity index is 3.62. The highest BCUT2D eigenvalue weighted by Crippen LogP contribution is 2.01. The van der Waals surface area contributed by atoms with Crippen LogP contribution in [0.1, 0.15) is 19.8 Å². The van der Waals surface area contributed by atoms with Gasteiger partial charge in [-0.05, 0) is 6.42 Å². The minimum atomic E-state index is -0.531. The van der Waals surface area contributed by atoms with Crippen molar-refractivity contribution in [3.8, 4) is 0 Å². The summed E-state index contributed by atoms with van der Waals surface area (Å²) in [6.07, 6.45) is 1.70. The van der Waals surface area contributed by atoms with E-state index in [0.717, 1.165) is 6.08 Å². The zero-order valence-electron chi connectivity index (χ0n) is 7.86. The summed E-state index contributed by atoms with van der Waals surface area (Å²) in [7, 11) is 0. The van der Waals surface area contributed by atoms with Gasteiger partial charge in [-0.3, -0.25) is 0 Å². The first-order valence-corrected chi connectivity index (χ1v) is 4.30. The molecule has 0 bridgehead atoms. The summed E-state index contributed by atoms with van der Waals surface area (Å²) in [4.78, 5) is 10.7. The van der Waals surface area contributed by atoms with E-state index in [-0.39, 0.29) is 6.61 Å². The smallest absolute Gasteiger partial charge is 0.332 e. The summed E-state index contributed by atoms with van der Waals surface area (Å²) in [6, 6.07) is 0. The zero-order chi connectivity index (χ0) is 10.1. The molecule has 0 rings (SSSR count). The van der Waals surface area contributed by atoms with Gasteiger partial charge in [-0.1, -0.05) is 13.5 Å². The quantitative estimate of drug-likeness (QED) is 0.278. The van der Waals surface area contributed by atoms with Crippen molar-refractivity contribution in [2.24, 2.45) is 0 Å². The van der Waals surface area contributed by atoms with Crippen molar-refractivity contribution < 1.29 is 19.4 Å². The molecule has 0 heterocycles. The van der Waals surface area contributed by atoms with Gasteiger partial charge in [0.15, 0.2) is 0 Å². The molecule has 1 N–H and O–H groups in total. The fourth-order valence-electron chi connectivity index (χ4n) is 0.692. The zero-order valence-corrected chi connectivity index (χ0v) is 7.86. The van der Waals surface area contributed by atoms with E-state index in [1.807, 2.05) is 6.92 Å². The lowest BCUT2D eigenvalue weighted by Gasteiger charge is -2.15. The number of aliphatic hydroxyl groups is 1. The molecule has 1 unspecified atom stereocenters. The normalized spacial score (nSPS) is 12.2. The number of carbonyl (C=O) groups is 1. The van der Waals surface area contributed by atoms with Crippen LogP contribution in [0, 0.1) is 0 Å². The van der Waals surface area contributed by atoms with Crippen LogP contribution in [0.25, 0.3) is 0 Å². The summed E-state index contributed by atoms with van der Waals surface area (Å²) in [5.41, 5.74) is 0. The Kier molecular flexibility index (Phi) is 7.24. The second kappa shape index (κ2) is 7.76. The minimum Gasteiger partial charge on any atom is -0.433 e. The number of carbonyl (C=O) groups excluding carboxylic acids is 1. The molecule has 0 radical (unpaired) electrons. The molecule has 4 nitrogen and oxygen atoms in total. The van der Waals surface area contributed by atoms with Crippen LogP contribution in [0.4, 0.5) is 0 Å². The third-order valence-corrected chi connectivity index (χ3v) is 1.35. The Morgan fingerprint density at radius 2 is 2.38 bits per heavy atom. The van der Waals surface area contributed by atoms with E-state index in [4.69, 9.17) is 14.6 Å². The monoisotopic (exact) mass is 188 g/mol. The fraction of sp³-hybridized carbons (Fsp3) is 0.667. The minimum absolute atomic E-state index is 0.0752. The van der Waals surface area contributed by atoms with E-state index < -0.39 is 12.3 Å². The van der Waals surface area contributed by atoms with E-state index in [0.29, 0.717) is 19.4 Å². The van der Waals surface area contributed by atoms with Crippen LogP contribution in [0.5, 0.6) is 0 Å². The van der Waals surface area contributed by atoms with Crippen LogP contribution in [-0.4, -0.2) is 30.6 Å². The Bertz CT molecular complexity index is 156. The third kappa shape index (κ3) is 6.31. The number of rotatable bonds is 7. The van der Waals surface area contributed by atoms with E-state index in [9.17, 15) is 4.79 Å². The lowest BCUT2D eigenvalue weighted by Crippen LogP contribution is -2.20. The molecule has 0 saturated carbocycles. The summed E-state index contributed by atoms with van der Waals surface area (Å²) in [5, 5.41) is 8.48. The van der Waals surface area contributed by atoms with E-state index in [1.165, 1.54) is 0 Å². The molecule has 0 aliphatic heterocycles. The molecule has 0 aliphatic rings. The molecule has 0 fully saturated rings. The van der Waals surface area contributed by atoms with Crippen molar-refractivity contribution in [3.63, 3.8) is 0 Å². The predicted molar refractivity (Wildman–Crippen MR) is 48.0 cm³/mol. The highest BCUT2D eigenvalue weighted by molar-refractivity contribution is 5.81. The van der Waals surface area contributed by atoms with Crippen LogP contribution in [0.15, 0.2) is 12.7 Å². The van der Waals surface area contributed by atoms with Gasteiger partial charge in [0.1, 0.15) is 0 Å². The van der Waals surface area contributed by atoms with Crippen LogP contribution in [0.3, 0.4) is 0 Å². The van der Waals surface area contributed by atoms with Gasteiger partial charge in [-0.15, -0.1) is 0 Å². The van der Waals surface area contributed by atoms with Crippen LogP contribution >= 0.6 is 0 Å². The summed E-state index contributed by atoms with van der Waals surface area (Å²) in [6.45, 7) is 5.59. The molecule has 0 aromatic carbocycles. The summed E-state index contributed by atoms with van der Waals surface area (Å²) >= 11 is 0. The van der Waals surface area contributed by atoms with Gasteiger partial charge in [-0.2, -0.15) is 0 Å². The lowest BCUT2D eigenvalue weighted by atomic mass is 10.4. The van der Waals surface area contributed by atoms with Gasteiger partial charge < -0.3 is 14.6 Å². The highest BCUT2D eigenvalue weighted by Gasteiger charge is 2.09. The van der Waals surface area contributed by atoms with Gasteiger partial charge >= 0.3 is 5.97 Å². The highest BCUT2D eigenvalue weighted by atomic mass is 16.7. The molecule has 13 heavy (non-hydrogen) atoms. The molecule has 1 atom stereocenters. The van der Waals surface area contributed by atoms with Crippen molar-refractivity contribution in [2.45, 2.75) is 26.1 Å². The van der Waals surface area contributed by atoms with Gasteiger partial charge in [0.05, 0.1) is 6.61 Å². The molecule has 0 aromatic heterocycles. The molecule has 0 saturated heterocycles. The fourth-order valence-corrected chi connectivity index (χ4v) is 0.692. The van der Waals surface area contributed by atoms with Gasteiger partial charge in [0, 0.05) is 19.1 Å². The summed E-state index contributed by atoms with van der Waals surface area (Å²) < 4.78 is 9.99. The van der Waals surface area contributed by atoms with Gasteiger partial charge in [0.2, 0.25) is 6.29 Å². The van der Waals surface area contributed by atoms with Gasteiger partial charge in [0.25, 0.3) is 0 Å². The molecular weight excluding hydrogens is 172 g/mol. The summed E-state index contributed by atoms with van der Waals surface area (Å²) in [5.74, 6) is -0.490. The van der Waals surface area contributed by atoms with Crippen LogP contribution in [0.2, 0.25) is 0 Å². The Morgan fingerprint density at radius 3 is 2.85 bits per heavy atom. The number of hydrogen-bond acceptors (Lipinski definition) is 4. The Labute approximate surface area is 78.2 Å². The maximum absolute atomic E-state index is 10.7. The standard InChI is InChI=1S/C9H16O4/c1-3-8(11)13-9(4-2)12-7-5-6-10/h3,9-10H,1,4-7H2,2H3. The first kappa shape index (κ1) is 12.1. The maximum atomic E-state index is 10.7. The first-order chi connectivity index (χ1) is 6.24. The maximum Gasteiger partial charge on any atom is 0.332 e. The average molecular weight is 188 g/mol. The molecular formula is C9H16O4. The van der Waals surface area contributed by atoms with E-state index >= 15 is 0 Å². The molecule has 0 aromatic rings. The van der Waals surface area contributed by atoms with Crippen molar-refractivity contribution in [3.05, 3.63) is 12.7 Å². The lowest BCUT2D eigenvalue weighted by molar-refractivity contribution is -0.174. The first-order valence-electron chi connectivity index (χ1n) is 4.30. The SMILES string of the molecule is C=CC(=O)OC(CC)OCCCO. The molecule has 0 aliphatic carbocycles. The molecule has 0 amide bonds. The van der Waals surface area contributed by atoms with Crippen molar-refractivity contribution in [1.82, 2.24) is 0 Å². The Hall–Kier alpha value is -0.870. The van der Waals surface area contributed by atoms with Crippen molar-refractivity contribution in [1.29, 1.82) is 0 Å². The topological polar surface area (TPSA) is 55.8 Å². The Morgan fingerprint density at radius 1 is 1.69 bits per heavy atom. The van der Waals surface area contributed by atoms with E-state index in [2.05, 4.69) is 6.58 Å². The number of aliphatic hydroxyl groups excluding tert-OH is 1. The number of hydrogen-bond donors (Lipinski definition) is 1. The molecule has 4 heteroatoms. The number of ether oxygens (including phenoxy) is 2. The van der Waals surface area contributed by atoms with Crippen molar-refractivity contribution >= 4 is 5.97 Å². The molecule has 76 valence electrons. The van der Waals surface area contributed by atoms with Crippen molar-refractivity contribution in [2.75, 3.05) is 13.2 Å². The molecule has 0 spiro atoms. The van der Waals surface area contributed by atoms with Crippen LogP contribution < -0.4 is 0 Å². The third-order valence-electron chi connectivity index (χ3n) is 1.35. The average Bonchev–Trinajstić information content (AvgIpc) is 2.16. The second-order valence-electron chi connectivity index (χ2n) is 2.43. The second-order valence-corrected chi connectivity index (χ2v) is 2.43. The van der Waals surface area contributed by atoms with Gasteiger partial charge in [-0.25, -0.2) is 4.79 Å². The van der Waals surface area contributed by atoms with Crippen LogP contribution in [-0.2, 0) is 14.3 Å². The largest absolute Gasteiger partial charge is 0.433 e. The predicted octanol–water partition coefficient (Wildman–Crippen LogP) is 0.851. The van der Waals surface area contributed by atoms with E-state index in [1.54, 1.807) is 0 Å². The number of esters is 1.